The van der Waals surface area contributed by atoms with E-state index in [1.54, 1.807) is 18.3 Å². The Hall–Kier alpha value is -2.66. The van der Waals surface area contributed by atoms with Gasteiger partial charge in [0.15, 0.2) is 0 Å². The van der Waals surface area contributed by atoms with E-state index >= 15 is 0 Å². The molecule has 126 valence electrons. The number of amides is 1. The van der Waals surface area contributed by atoms with Crippen molar-refractivity contribution < 1.29 is 4.79 Å². The molecule has 0 unspecified atom stereocenters. The lowest BCUT2D eigenvalue weighted by molar-refractivity contribution is 0.102. The molecule has 3 aromatic rings. The zero-order valence-corrected chi connectivity index (χ0v) is 15.4. The molecule has 0 atom stereocenters. The summed E-state index contributed by atoms with van der Waals surface area (Å²) < 4.78 is 0.917. The lowest BCUT2D eigenvalue weighted by Gasteiger charge is -2.10. The Morgan fingerprint density at radius 1 is 1.08 bits per heavy atom. The Labute approximate surface area is 155 Å². The molecule has 25 heavy (non-hydrogen) atoms. The molecule has 0 bridgehead atoms. The first-order chi connectivity index (χ1) is 12.1. The number of anilines is 2. The molecule has 1 heterocycles. The first-order valence-corrected chi connectivity index (χ1v) is 8.72. The zero-order valence-electron chi connectivity index (χ0n) is 13.8. The van der Waals surface area contributed by atoms with Gasteiger partial charge in [-0.1, -0.05) is 46.3 Å². The summed E-state index contributed by atoms with van der Waals surface area (Å²) in [6.45, 7) is 2.74. The van der Waals surface area contributed by atoms with Gasteiger partial charge in [0.1, 0.15) is 5.82 Å². The number of hydrogen-bond acceptors (Lipinski definition) is 3. The number of rotatable bonds is 5. The van der Waals surface area contributed by atoms with Crippen molar-refractivity contribution >= 4 is 33.3 Å². The maximum Gasteiger partial charge on any atom is 0.255 e. The molecule has 1 amide bonds. The maximum absolute atomic E-state index is 12.4. The zero-order chi connectivity index (χ0) is 17.6. The van der Waals surface area contributed by atoms with Gasteiger partial charge in [-0.05, 0) is 48.4 Å². The monoisotopic (exact) mass is 395 g/mol. The van der Waals surface area contributed by atoms with E-state index in [4.69, 9.17) is 0 Å². The van der Waals surface area contributed by atoms with E-state index in [0.29, 0.717) is 17.9 Å². The Morgan fingerprint density at radius 3 is 2.72 bits per heavy atom. The second-order valence-electron chi connectivity index (χ2n) is 5.67. The van der Waals surface area contributed by atoms with Crippen LogP contribution in [0.25, 0.3) is 0 Å². The van der Waals surface area contributed by atoms with Crippen LogP contribution in [0.4, 0.5) is 11.5 Å². The normalized spacial score (nSPS) is 10.3. The van der Waals surface area contributed by atoms with Gasteiger partial charge in [-0.2, -0.15) is 0 Å². The number of hydrogen-bond donors (Lipinski definition) is 2. The summed E-state index contributed by atoms with van der Waals surface area (Å²) in [5.41, 5.74) is 3.72. The predicted octanol–water partition coefficient (Wildman–Crippen LogP) is 5.02. The summed E-state index contributed by atoms with van der Waals surface area (Å²) >= 11 is 3.40. The summed E-state index contributed by atoms with van der Waals surface area (Å²) in [6.07, 6.45) is 1.63. The van der Waals surface area contributed by atoms with Gasteiger partial charge in [-0.25, -0.2) is 4.98 Å². The summed E-state index contributed by atoms with van der Waals surface area (Å²) in [5.74, 6) is 0.504. The highest BCUT2D eigenvalue weighted by Gasteiger charge is 2.08. The van der Waals surface area contributed by atoms with Gasteiger partial charge in [-0.15, -0.1) is 0 Å². The van der Waals surface area contributed by atoms with Crippen molar-refractivity contribution in [3.63, 3.8) is 0 Å². The van der Waals surface area contributed by atoms with Gasteiger partial charge in [-0.3, -0.25) is 4.79 Å². The van der Waals surface area contributed by atoms with E-state index in [2.05, 4.69) is 50.6 Å². The molecule has 0 saturated carbocycles. The van der Waals surface area contributed by atoms with Gasteiger partial charge < -0.3 is 10.6 Å². The number of carbonyl (C=O) groups is 1. The number of carbonyl (C=O) groups excluding carboxylic acids is 1. The minimum atomic E-state index is -0.167. The standard InChI is InChI=1S/C20H18BrN3O/c1-14-5-2-3-6-16(14)13-23-19-11-15(9-10-22-19)20(25)24-18-8-4-7-17(21)12-18/h2-12H,13H2,1H3,(H,22,23)(H,24,25). The molecule has 0 aliphatic rings. The average Bonchev–Trinajstić information content (AvgIpc) is 2.61. The predicted molar refractivity (Wildman–Crippen MR) is 105 cm³/mol. The van der Waals surface area contributed by atoms with Crippen LogP contribution >= 0.6 is 15.9 Å². The van der Waals surface area contributed by atoms with Crippen molar-refractivity contribution in [2.45, 2.75) is 13.5 Å². The Morgan fingerprint density at radius 2 is 1.92 bits per heavy atom. The number of aryl methyl sites for hydroxylation is 1. The first-order valence-electron chi connectivity index (χ1n) is 7.93. The van der Waals surface area contributed by atoms with Crippen LogP contribution in [0.1, 0.15) is 21.5 Å². The molecule has 1 aromatic heterocycles. The van der Waals surface area contributed by atoms with Crippen molar-refractivity contribution in [3.05, 3.63) is 88.0 Å². The van der Waals surface area contributed by atoms with Crippen LogP contribution in [0.15, 0.2) is 71.3 Å². The molecule has 5 heteroatoms. The van der Waals surface area contributed by atoms with Crippen molar-refractivity contribution in [2.75, 3.05) is 10.6 Å². The van der Waals surface area contributed by atoms with E-state index < -0.39 is 0 Å². The van der Waals surface area contributed by atoms with Crippen molar-refractivity contribution in [3.8, 4) is 0 Å². The highest BCUT2D eigenvalue weighted by molar-refractivity contribution is 9.10. The Balaban J connectivity index is 1.68. The second-order valence-corrected chi connectivity index (χ2v) is 6.59. The fraction of sp³-hybridized carbons (Fsp3) is 0.100. The van der Waals surface area contributed by atoms with Gasteiger partial charge in [0, 0.05) is 28.5 Å². The number of aromatic nitrogens is 1. The quantitative estimate of drug-likeness (QED) is 0.637. The Bertz CT molecular complexity index is 895. The van der Waals surface area contributed by atoms with Gasteiger partial charge >= 0.3 is 0 Å². The molecule has 0 aliphatic heterocycles. The SMILES string of the molecule is Cc1ccccc1CNc1cc(C(=O)Nc2cccc(Br)c2)ccn1. The third-order valence-corrected chi connectivity index (χ3v) is 4.32. The van der Waals surface area contributed by atoms with E-state index in [1.807, 2.05) is 36.4 Å². The average molecular weight is 396 g/mol. The van der Waals surface area contributed by atoms with E-state index in [9.17, 15) is 4.79 Å². The van der Waals surface area contributed by atoms with Gasteiger partial charge in [0.2, 0.25) is 0 Å². The molecule has 4 nitrogen and oxygen atoms in total. The first kappa shape index (κ1) is 17.2. The number of benzene rings is 2. The van der Waals surface area contributed by atoms with E-state index in [0.717, 1.165) is 10.2 Å². The molecular formula is C20H18BrN3O. The number of nitrogens with zero attached hydrogens (tertiary/aromatic N) is 1. The Kier molecular flexibility index (Phi) is 5.46. The van der Waals surface area contributed by atoms with Crippen LogP contribution in [-0.2, 0) is 6.54 Å². The summed E-state index contributed by atoms with van der Waals surface area (Å²) in [5, 5.41) is 6.16. The van der Waals surface area contributed by atoms with E-state index in [1.165, 1.54) is 11.1 Å². The smallest absolute Gasteiger partial charge is 0.255 e. The summed E-state index contributed by atoms with van der Waals surface area (Å²) in [4.78, 5) is 16.7. The van der Waals surface area contributed by atoms with Crippen molar-refractivity contribution in [2.24, 2.45) is 0 Å². The van der Waals surface area contributed by atoms with Crippen molar-refractivity contribution in [1.82, 2.24) is 4.98 Å². The van der Waals surface area contributed by atoms with Crippen LogP contribution in [-0.4, -0.2) is 10.9 Å². The molecule has 0 radical (unpaired) electrons. The van der Waals surface area contributed by atoms with Crippen LogP contribution in [0.3, 0.4) is 0 Å². The highest BCUT2D eigenvalue weighted by atomic mass is 79.9. The third-order valence-electron chi connectivity index (χ3n) is 3.83. The molecule has 0 aliphatic carbocycles. The van der Waals surface area contributed by atoms with Crippen LogP contribution < -0.4 is 10.6 Å². The van der Waals surface area contributed by atoms with Crippen molar-refractivity contribution in [1.29, 1.82) is 0 Å². The highest BCUT2D eigenvalue weighted by Crippen LogP contribution is 2.17. The van der Waals surface area contributed by atoms with Crippen LogP contribution in [0.5, 0.6) is 0 Å². The molecule has 2 aromatic carbocycles. The lowest BCUT2D eigenvalue weighted by Crippen LogP contribution is -2.13. The lowest BCUT2D eigenvalue weighted by atomic mass is 10.1. The maximum atomic E-state index is 12.4. The second kappa shape index (κ2) is 7.94. The molecule has 0 fully saturated rings. The molecule has 2 N–H and O–H groups in total. The van der Waals surface area contributed by atoms with Crippen LogP contribution in [0, 0.1) is 6.92 Å². The molecule has 0 spiro atoms. The fourth-order valence-corrected chi connectivity index (χ4v) is 2.83. The number of nitrogens with one attached hydrogen (secondary N) is 2. The molecule has 0 saturated heterocycles. The topological polar surface area (TPSA) is 54.0 Å². The number of halogens is 1. The third kappa shape index (κ3) is 4.67. The van der Waals surface area contributed by atoms with Crippen LogP contribution in [0.2, 0.25) is 0 Å². The van der Waals surface area contributed by atoms with Gasteiger partial charge in [0.25, 0.3) is 5.91 Å². The van der Waals surface area contributed by atoms with Gasteiger partial charge in [0.05, 0.1) is 0 Å². The minimum Gasteiger partial charge on any atom is -0.366 e. The fourth-order valence-electron chi connectivity index (χ4n) is 2.43. The summed E-state index contributed by atoms with van der Waals surface area (Å²) in [6, 6.07) is 19.1. The summed E-state index contributed by atoms with van der Waals surface area (Å²) in [7, 11) is 0. The molecular weight excluding hydrogens is 378 g/mol. The van der Waals surface area contributed by atoms with E-state index in [-0.39, 0.29) is 5.91 Å². The minimum absolute atomic E-state index is 0.167. The number of pyridine rings is 1. The largest absolute Gasteiger partial charge is 0.366 e. The molecule has 3 rings (SSSR count).